The van der Waals surface area contributed by atoms with Crippen molar-refractivity contribution in [3.05, 3.63) is 95.6 Å². The SMILES string of the molecule is CCCCCCCNC(=O)Nc1ccc(N2CCCCC2)cc1C(=O)NCC1CCN(C(c2ccccc2)c2ccccc2)CC1. The number of nitrogens with one attached hydrogen (secondary N) is 3. The Balaban J connectivity index is 1.19. The van der Waals surface area contributed by atoms with Crippen LogP contribution in [0.15, 0.2) is 78.9 Å². The van der Waals surface area contributed by atoms with Crippen molar-refractivity contribution in [2.45, 2.75) is 77.2 Å². The van der Waals surface area contributed by atoms with E-state index in [1.807, 2.05) is 18.2 Å². The number of carbonyl (C=O) groups excluding carboxylic acids is 2. The van der Waals surface area contributed by atoms with Crippen molar-refractivity contribution in [1.29, 1.82) is 0 Å². The van der Waals surface area contributed by atoms with Crippen LogP contribution in [0.1, 0.15) is 98.7 Å². The number of hydrogen-bond donors (Lipinski definition) is 3. The van der Waals surface area contributed by atoms with Crippen LogP contribution in [-0.2, 0) is 0 Å². The van der Waals surface area contributed by atoms with Crippen molar-refractivity contribution >= 4 is 23.3 Å². The van der Waals surface area contributed by atoms with Gasteiger partial charge in [0.25, 0.3) is 5.91 Å². The second-order valence-electron chi connectivity index (χ2n) is 13.0. The Morgan fingerprint density at radius 2 is 1.41 bits per heavy atom. The normalized spacial score (nSPS) is 15.9. The van der Waals surface area contributed by atoms with Gasteiger partial charge < -0.3 is 20.9 Å². The maximum atomic E-state index is 13.7. The van der Waals surface area contributed by atoms with Crippen LogP contribution < -0.4 is 20.9 Å². The van der Waals surface area contributed by atoms with E-state index in [-0.39, 0.29) is 18.0 Å². The number of amides is 3. The molecule has 3 N–H and O–H groups in total. The minimum Gasteiger partial charge on any atom is -0.372 e. The van der Waals surface area contributed by atoms with Gasteiger partial charge in [-0.25, -0.2) is 4.79 Å². The summed E-state index contributed by atoms with van der Waals surface area (Å²) in [5, 5.41) is 9.19. The number of carbonyl (C=O) groups is 2. The van der Waals surface area contributed by atoms with Gasteiger partial charge in [0.1, 0.15) is 0 Å². The molecule has 7 heteroatoms. The summed E-state index contributed by atoms with van der Waals surface area (Å²) in [4.78, 5) is 31.4. The molecule has 0 bridgehead atoms. The number of rotatable bonds is 14. The van der Waals surface area contributed by atoms with Gasteiger partial charge in [-0.15, -0.1) is 0 Å². The summed E-state index contributed by atoms with van der Waals surface area (Å²) in [6, 6.07) is 27.4. The third kappa shape index (κ3) is 9.58. The molecule has 0 atom stereocenters. The van der Waals surface area contributed by atoms with Crippen molar-refractivity contribution in [2.24, 2.45) is 5.92 Å². The zero-order valence-corrected chi connectivity index (χ0v) is 27.7. The third-order valence-corrected chi connectivity index (χ3v) is 9.58. The Kier molecular flexibility index (Phi) is 12.9. The molecule has 0 aliphatic carbocycles. The van der Waals surface area contributed by atoms with Crippen LogP contribution >= 0.6 is 0 Å². The predicted octanol–water partition coefficient (Wildman–Crippen LogP) is 8.00. The van der Waals surface area contributed by atoms with Crippen molar-refractivity contribution in [2.75, 3.05) is 49.5 Å². The Bertz CT molecular complexity index is 1310. The largest absolute Gasteiger partial charge is 0.372 e. The van der Waals surface area contributed by atoms with Crippen LogP contribution in [0.2, 0.25) is 0 Å². The van der Waals surface area contributed by atoms with Crippen molar-refractivity contribution < 1.29 is 9.59 Å². The minimum atomic E-state index is -0.256. The van der Waals surface area contributed by atoms with Crippen LogP contribution in [0.5, 0.6) is 0 Å². The first-order valence-electron chi connectivity index (χ1n) is 17.7. The summed E-state index contributed by atoms with van der Waals surface area (Å²) < 4.78 is 0. The van der Waals surface area contributed by atoms with E-state index in [9.17, 15) is 9.59 Å². The molecule has 246 valence electrons. The molecule has 2 aliphatic heterocycles. The van der Waals surface area contributed by atoms with Gasteiger partial charge in [0.05, 0.1) is 17.3 Å². The zero-order valence-electron chi connectivity index (χ0n) is 27.7. The fraction of sp³-hybridized carbons (Fsp3) is 0.487. The van der Waals surface area contributed by atoms with Crippen LogP contribution in [0.25, 0.3) is 0 Å². The summed E-state index contributed by atoms with van der Waals surface area (Å²) in [5.41, 5.74) is 4.77. The smallest absolute Gasteiger partial charge is 0.319 e. The third-order valence-electron chi connectivity index (χ3n) is 9.58. The van der Waals surface area contributed by atoms with Crippen molar-refractivity contribution in [3.8, 4) is 0 Å². The van der Waals surface area contributed by atoms with Crippen LogP contribution in [0.3, 0.4) is 0 Å². The lowest BCUT2D eigenvalue weighted by Crippen LogP contribution is -2.41. The Hall–Kier alpha value is -3.84. The van der Waals surface area contributed by atoms with Crippen molar-refractivity contribution in [3.63, 3.8) is 0 Å². The van der Waals surface area contributed by atoms with Gasteiger partial charge in [-0.05, 0) is 86.9 Å². The van der Waals surface area contributed by atoms with Gasteiger partial charge in [-0.3, -0.25) is 9.69 Å². The quantitative estimate of drug-likeness (QED) is 0.159. The molecule has 3 aromatic carbocycles. The van der Waals surface area contributed by atoms with E-state index in [1.165, 1.54) is 36.8 Å². The first-order chi connectivity index (χ1) is 22.6. The summed E-state index contributed by atoms with van der Waals surface area (Å²) in [6.07, 6.45) is 11.3. The van der Waals surface area contributed by atoms with Crippen LogP contribution in [0, 0.1) is 5.92 Å². The number of nitrogens with zero attached hydrogens (tertiary/aromatic N) is 2. The summed E-state index contributed by atoms with van der Waals surface area (Å²) >= 11 is 0. The van der Waals surface area contributed by atoms with E-state index in [0.29, 0.717) is 30.3 Å². The molecular weight excluding hydrogens is 570 g/mol. The molecule has 3 amide bonds. The first-order valence-corrected chi connectivity index (χ1v) is 17.7. The summed E-state index contributed by atoms with van der Waals surface area (Å²) in [5.74, 6) is 0.285. The molecule has 5 rings (SSSR count). The Morgan fingerprint density at radius 1 is 0.761 bits per heavy atom. The first kappa shape index (κ1) is 33.5. The highest BCUT2D eigenvalue weighted by molar-refractivity contribution is 6.04. The molecule has 2 fully saturated rings. The van der Waals surface area contributed by atoms with E-state index in [0.717, 1.165) is 70.4 Å². The monoisotopic (exact) mass is 623 g/mol. The van der Waals surface area contributed by atoms with Gasteiger partial charge in [-0.1, -0.05) is 93.3 Å². The highest BCUT2D eigenvalue weighted by Crippen LogP contribution is 2.32. The molecular formula is C39H53N5O2. The summed E-state index contributed by atoms with van der Waals surface area (Å²) in [6.45, 7) is 7.42. The molecule has 2 heterocycles. The second-order valence-corrected chi connectivity index (χ2v) is 13.0. The molecule has 0 unspecified atom stereocenters. The molecule has 2 saturated heterocycles. The maximum absolute atomic E-state index is 13.7. The minimum absolute atomic E-state index is 0.123. The van der Waals surface area contributed by atoms with Crippen LogP contribution in [0.4, 0.5) is 16.2 Å². The second kappa shape index (κ2) is 17.7. The molecule has 0 aromatic heterocycles. The zero-order chi connectivity index (χ0) is 32.0. The number of hydrogen-bond acceptors (Lipinski definition) is 4. The highest BCUT2D eigenvalue weighted by atomic mass is 16.2. The molecule has 3 aromatic rings. The Labute approximate surface area is 276 Å². The standard InChI is InChI=1S/C39H53N5O2/c1-2-3-4-5-13-24-40-39(46)42-36-21-20-34(43-25-14-8-15-26-43)29-35(36)38(45)41-30-31-22-27-44(28-23-31)37(32-16-9-6-10-17-32)33-18-11-7-12-19-33/h6-7,9-12,16-21,29,31,37H,2-5,8,13-15,22-28,30H2,1H3,(H,41,45)(H2,40,42,46). The number of anilines is 2. The number of urea groups is 1. The Morgan fingerprint density at radius 3 is 2.07 bits per heavy atom. The predicted molar refractivity (Wildman–Crippen MR) is 190 cm³/mol. The van der Waals surface area contributed by atoms with E-state index >= 15 is 0 Å². The average molecular weight is 624 g/mol. The number of piperidine rings is 2. The number of benzene rings is 3. The molecule has 2 aliphatic rings. The van der Waals surface area contributed by atoms with Gasteiger partial charge >= 0.3 is 6.03 Å². The fourth-order valence-corrected chi connectivity index (χ4v) is 6.91. The molecule has 46 heavy (non-hydrogen) atoms. The van der Waals surface area contributed by atoms with Crippen LogP contribution in [-0.4, -0.2) is 56.1 Å². The molecule has 0 radical (unpaired) electrons. The van der Waals surface area contributed by atoms with Gasteiger partial charge in [0.15, 0.2) is 0 Å². The van der Waals surface area contributed by atoms with E-state index in [2.05, 4.69) is 93.3 Å². The topological polar surface area (TPSA) is 76.7 Å². The highest BCUT2D eigenvalue weighted by Gasteiger charge is 2.28. The fourth-order valence-electron chi connectivity index (χ4n) is 6.91. The summed E-state index contributed by atoms with van der Waals surface area (Å²) in [7, 11) is 0. The lowest BCUT2D eigenvalue weighted by Gasteiger charge is -2.38. The van der Waals surface area contributed by atoms with Gasteiger partial charge in [0, 0.05) is 31.9 Å². The van der Waals surface area contributed by atoms with E-state index in [1.54, 1.807) is 0 Å². The van der Waals surface area contributed by atoms with E-state index < -0.39 is 0 Å². The van der Waals surface area contributed by atoms with Crippen molar-refractivity contribution in [1.82, 2.24) is 15.5 Å². The lowest BCUT2D eigenvalue weighted by molar-refractivity contribution is 0.0931. The van der Waals surface area contributed by atoms with Gasteiger partial charge in [0.2, 0.25) is 0 Å². The van der Waals surface area contributed by atoms with E-state index in [4.69, 9.17) is 0 Å². The molecule has 0 saturated carbocycles. The number of likely N-dealkylation sites (tertiary alicyclic amines) is 1. The molecule has 0 spiro atoms. The maximum Gasteiger partial charge on any atom is 0.319 e. The average Bonchev–Trinajstić information content (AvgIpc) is 3.11. The molecule has 7 nitrogen and oxygen atoms in total. The van der Waals surface area contributed by atoms with Gasteiger partial charge in [-0.2, -0.15) is 0 Å². The lowest BCUT2D eigenvalue weighted by atomic mass is 9.91. The number of unbranched alkanes of at least 4 members (excludes halogenated alkanes) is 4.